The molecule has 1 N–H and O–H groups in total. The fourth-order valence-electron chi connectivity index (χ4n) is 5.30. The Morgan fingerprint density at radius 3 is 2.62 bits per heavy atom. The molecule has 1 amide bonds. The minimum absolute atomic E-state index is 0.0346. The van der Waals surface area contributed by atoms with Gasteiger partial charge in [-0.2, -0.15) is 13.2 Å². The van der Waals surface area contributed by atoms with Crippen molar-refractivity contribution < 1.29 is 23.1 Å². The number of halogens is 3. The lowest BCUT2D eigenvalue weighted by Crippen LogP contribution is -2.49. The molecule has 0 bridgehead atoms. The van der Waals surface area contributed by atoms with E-state index in [9.17, 15) is 23.1 Å². The molecule has 3 atom stereocenters. The van der Waals surface area contributed by atoms with E-state index in [0.29, 0.717) is 47.3 Å². The lowest BCUT2D eigenvalue weighted by Gasteiger charge is -2.42. The summed E-state index contributed by atoms with van der Waals surface area (Å²) >= 11 is 0. The number of nitrogens with zero attached hydrogens (tertiary/aromatic N) is 5. The number of fused-ring (bicyclic) bond motifs is 1. The Balaban J connectivity index is 1.83. The van der Waals surface area contributed by atoms with Crippen molar-refractivity contribution in [2.75, 3.05) is 6.54 Å². The largest absolute Gasteiger partial charge is 0.416 e. The number of rotatable bonds is 3. The van der Waals surface area contributed by atoms with Crippen molar-refractivity contribution in [3.63, 3.8) is 0 Å². The van der Waals surface area contributed by atoms with Gasteiger partial charge in [0.25, 0.3) is 0 Å². The minimum Gasteiger partial charge on any atom is -0.383 e. The standard InChI is InChI=1S/C27H32F3N5O2/c1-15-13-26(37,10-11-35(15)19(5)36)24-12-21-23(14-31-24)34(6)18(4)33-25(21)32-17(3)20-8-7-9-22(16(20)2)27(28,29)30/h7-9,12,14-15,17,37H,10-11,13H2,1-6H3/t15-,17-,26?/m1/s1. The molecule has 198 valence electrons. The summed E-state index contributed by atoms with van der Waals surface area (Å²) in [4.78, 5) is 27.6. The third kappa shape index (κ3) is 4.99. The molecule has 1 aliphatic rings. The van der Waals surface area contributed by atoms with E-state index in [-0.39, 0.29) is 17.5 Å². The third-order valence-corrected chi connectivity index (χ3v) is 7.50. The number of carbonyl (C=O) groups excluding carboxylic acids is 1. The molecule has 10 heteroatoms. The number of hydrogen-bond donors (Lipinski definition) is 1. The van der Waals surface area contributed by atoms with Crippen LogP contribution in [0, 0.1) is 13.8 Å². The van der Waals surface area contributed by atoms with E-state index in [1.807, 2.05) is 25.5 Å². The minimum atomic E-state index is -4.45. The van der Waals surface area contributed by atoms with Crippen LogP contribution in [0.4, 0.5) is 13.2 Å². The number of aromatic nitrogens is 3. The highest BCUT2D eigenvalue weighted by molar-refractivity contribution is 5.78. The molecule has 37 heavy (non-hydrogen) atoms. The number of aliphatic hydroxyl groups is 1. The predicted octanol–water partition coefficient (Wildman–Crippen LogP) is 4.48. The highest BCUT2D eigenvalue weighted by atomic mass is 19.4. The lowest BCUT2D eigenvalue weighted by atomic mass is 9.83. The van der Waals surface area contributed by atoms with E-state index in [1.54, 1.807) is 30.2 Å². The number of likely N-dealkylation sites (tertiary alicyclic amines) is 1. The summed E-state index contributed by atoms with van der Waals surface area (Å²) in [6.07, 6.45) is -2.11. The molecule has 3 heterocycles. The number of benzene rings is 1. The van der Waals surface area contributed by atoms with Gasteiger partial charge >= 0.3 is 6.18 Å². The molecule has 4 rings (SSSR count). The molecule has 1 aromatic carbocycles. The molecular formula is C27H32F3N5O2. The van der Waals surface area contributed by atoms with Crippen LogP contribution in [0.15, 0.2) is 35.5 Å². The molecule has 1 aliphatic heterocycles. The highest BCUT2D eigenvalue weighted by Crippen LogP contribution is 2.36. The Hall–Kier alpha value is -3.27. The molecule has 3 aromatic rings. The van der Waals surface area contributed by atoms with E-state index in [2.05, 4.69) is 9.97 Å². The van der Waals surface area contributed by atoms with Crippen LogP contribution in [0.3, 0.4) is 0 Å². The van der Waals surface area contributed by atoms with Crippen molar-refractivity contribution in [2.45, 2.75) is 71.3 Å². The Labute approximate surface area is 213 Å². The summed E-state index contributed by atoms with van der Waals surface area (Å²) in [5, 5.41) is 12.2. The van der Waals surface area contributed by atoms with Crippen LogP contribution < -0.4 is 5.49 Å². The Morgan fingerprint density at radius 2 is 2.00 bits per heavy atom. The molecular weight excluding hydrogens is 483 g/mol. The molecule has 0 aliphatic carbocycles. The second-order valence-electron chi connectivity index (χ2n) is 10.00. The molecule has 0 spiro atoms. The smallest absolute Gasteiger partial charge is 0.383 e. The molecule has 2 aromatic heterocycles. The SMILES string of the molecule is CC(=O)N1CCC(O)(c2cc3c(=N[C@H](C)c4cccc(C(F)(F)F)c4C)nc(C)n(C)c3cn2)C[C@H]1C. The fourth-order valence-corrected chi connectivity index (χ4v) is 5.30. The van der Waals surface area contributed by atoms with Gasteiger partial charge in [-0.05, 0) is 57.4 Å². The average Bonchev–Trinajstić information content (AvgIpc) is 2.81. The number of aryl methyl sites for hydroxylation is 2. The zero-order chi connectivity index (χ0) is 27.3. The molecule has 7 nitrogen and oxygen atoms in total. The second kappa shape index (κ2) is 9.55. The van der Waals surface area contributed by atoms with Gasteiger partial charge in [-0.1, -0.05) is 12.1 Å². The lowest BCUT2D eigenvalue weighted by molar-refractivity contribution is -0.138. The van der Waals surface area contributed by atoms with Crippen LogP contribution in [-0.2, 0) is 23.6 Å². The van der Waals surface area contributed by atoms with Crippen molar-refractivity contribution in [3.05, 3.63) is 64.2 Å². The first-order chi connectivity index (χ1) is 17.2. The summed E-state index contributed by atoms with van der Waals surface area (Å²) < 4.78 is 42.3. The summed E-state index contributed by atoms with van der Waals surface area (Å²) in [7, 11) is 1.85. The third-order valence-electron chi connectivity index (χ3n) is 7.50. The topological polar surface area (TPSA) is 83.6 Å². The number of carbonyl (C=O) groups is 1. The van der Waals surface area contributed by atoms with Gasteiger partial charge in [0, 0.05) is 38.4 Å². The Kier molecular flexibility index (Phi) is 6.92. The van der Waals surface area contributed by atoms with Gasteiger partial charge in [0.05, 0.1) is 29.0 Å². The van der Waals surface area contributed by atoms with E-state index in [1.165, 1.54) is 19.9 Å². The molecule has 1 fully saturated rings. The van der Waals surface area contributed by atoms with Crippen LogP contribution in [0.5, 0.6) is 0 Å². The monoisotopic (exact) mass is 515 g/mol. The van der Waals surface area contributed by atoms with Gasteiger partial charge in [-0.3, -0.25) is 14.8 Å². The first-order valence-corrected chi connectivity index (χ1v) is 12.3. The molecule has 0 saturated carbocycles. The first kappa shape index (κ1) is 26.8. The van der Waals surface area contributed by atoms with Gasteiger partial charge in [-0.15, -0.1) is 0 Å². The van der Waals surface area contributed by atoms with Crippen molar-refractivity contribution in [1.29, 1.82) is 0 Å². The van der Waals surface area contributed by atoms with E-state index < -0.39 is 23.4 Å². The highest BCUT2D eigenvalue weighted by Gasteiger charge is 2.40. The summed E-state index contributed by atoms with van der Waals surface area (Å²) in [5.74, 6) is 0.628. The van der Waals surface area contributed by atoms with Gasteiger partial charge in [0.2, 0.25) is 5.91 Å². The predicted molar refractivity (Wildman–Crippen MR) is 133 cm³/mol. The van der Waals surface area contributed by atoms with Gasteiger partial charge < -0.3 is 14.6 Å². The van der Waals surface area contributed by atoms with Crippen LogP contribution in [-0.4, -0.2) is 43.0 Å². The van der Waals surface area contributed by atoms with Crippen molar-refractivity contribution >= 4 is 16.8 Å². The summed E-state index contributed by atoms with van der Waals surface area (Å²) in [6, 6.07) is 5.13. The van der Waals surface area contributed by atoms with Crippen molar-refractivity contribution in [1.82, 2.24) is 19.4 Å². The van der Waals surface area contributed by atoms with Gasteiger partial charge in [-0.25, -0.2) is 4.98 Å². The number of amides is 1. The maximum atomic E-state index is 13.5. The molecule has 1 unspecified atom stereocenters. The van der Waals surface area contributed by atoms with Crippen molar-refractivity contribution in [2.24, 2.45) is 12.0 Å². The fraction of sp³-hybridized carbons (Fsp3) is 0.481. The zero-order valence-corrected chi connectivity index (χ0v) is 21.9. The van der Waals surface area contributed by atoms with E-state index in [0.717, 1.165) is 11.6 Å². The Morgan fingerprint density at radius 1 is 1.30 bits per heavy atom. The number of alkyl halides is 3. The normalized spacial score (nSPS) is 21.9. The maximum absolute atomic E-state index is 13.5. The first-order valence-electron chi connectivity index (χ1n) is 12.3. The quantitative estimate of drug-likeness (QED) is 0.558. The van der Waals surface area contributed by atoms with Crippen LogP contribution in [0.25, 0.3) is 10.9 Å². The van der Waals surface area contributed by atoms with Crippen molar-refractivity contribution in [3.8, 4) is 0 Å². The Bertz CT molecular complexity index is 1430. The summed E-state index contributed by atoms with van der Waals surface area (Å²) in [6.45, 7) is 8.85. The number of pyridine rings is 1. The molecule has 0 radical (unpaired) electrons. The maximum Gasteiger partial charge on any atom is 0.416 e. The van der Waals surface area contributed by atoms with Crippen LogP contribution in [0.2, 0.25) is 0 Å². The van der Waals surface area contributed by atoms with Gasteiger partial charge in [0.1, 0.15) is 11.4 Å². The van der Waals surface area contributed by atoms with E-state index in [4.69, 9.17) is 4.99 Å². The van der Waals surface area contributed by atoms with E-state index >= 15 is 0 Å². The average molecular weight is 516 g/mol. The van der Waals surface area contributed by atoms with Crippen LogP contribution >= 0.6 is 0 Å². The van der Waals surface area contributed by atoms with Gasteiger partial charge in [0.15, 0.2) is 5.49 Å². The summed E-state index contributed by atoms with van der Waals surface area (Å²) in [5.41, 5.74) is 0.256. The second-order valence-corrected chi connectivity index (χ2v) is 10.00. The van der Waals surface area contributed by atoms with Crippen LogP contribution in [0.1, 0.15) is 67.9 Å². The number of hydrogen-bond acceptors (Lipinski definition) is 5. The zero-order valence-electron chi connectivity index (χ0n) is 21.9. The molecule has 1 saturated heterocycles. The number of piperidine rings is 1.